The first-order chi connectivity index (χ1) is 11.7. The van der Waals surface area contributed by atoms with E-state index in [0.717, 1.165) is 16.8 Å². The Kier molecular flexibility index (Phi) is 5.96. The van der Waals surface area contributed by atoms with Crippen molar-refractivity contribution >= 4 is 17.6 Å². The first kappa shape index (κ1) is 19.1. The molecule has 0 saturated carbocycles. The summed E-state index contributed by atoms with van der Waals surface area (Å²) in [7, 11) is 0. The summed E-state index contributed by atoms with van der Waals surface area (Å²) >= 11 is 5.66. The van der Waals surface area contributed by atoms with Gasteiger partial charge in [0, 0.05) is 5.02 Å². The van der Waals surface area contributed by atoms with Crippen LogP contribution in [0.3, 0.4) is 0 Å². The lowest BCUT2D eigenvalue weighted by molar-refractivity contribution is -0.140. The number of nitrogens with one attached hydrogen (secondary N) is 1. The Morgan fingerprint density at radius 2 is 2.16 bits per heavy atom. The predicted molar refractivity (Wildman–Crippen MR) is 82.3 cm³/mol. The van der Waals surface area contributed by atoms with Crippen LogP contribution in [0.4, 0.5) is 13.2 Å². The molecule has 0 aliphatic carbocycles. The van der Waals surface area contributed by atoms with Crippen molar-refractivity contribution in [2.24, 2.45) is 0 Å². The molecule has 0 fully saturated rings. The Labute approximate surface area is 145 Å². The molecule has 2 rings (SSSR count). The lowest BCUT2D eigenvalue weighted by Crippen LogP contribution is -2.36. The summed E-state index contributed by atoms with van der Waals surface area (Å²) in [6, 6.07) is 2.39. The van der Waals surface area contributed by atoms with Crippen molar-refractivity contribution in [2.75, 3.05) is 0 Å². The predicted octanol–water partition coefficient (Wildman–Crippen LogP) is 2.68. The maximum Gasteiger partial charge on any atom is 0.418 e. The molecule has 2 N–H and O–H groups in total. The molecule has 0 radical (unpaired) electrons. The molecule has 2 aromatic rings. The Morgan fingerprint density at radius 1 is 1.44 bits per heavy atom. The maximum atomic E-state index is 13.2. The molecule has 25 heavy (non-hydrogen) atoms. The second-order valence-electron chi connectivity index (χ2n) is 5.23. The fraction of sp³-hybridized carbons (Fsp3) is 0.429. The Bertz CT molecular complexity index is 750. The molecule has 1 aromatic heterocycles. The number of hydrogen-bond acceptors (Lipinski definition) is 5. The largest absolute Gasteiger partial charge is 0.480 e. The van der Waals surface area contributed by atoms with Gasteiger partial charge in [-0.1, -0.05) is 24.9 Å². The van der Waals surface area contributed by atoms with E-state index in [9.17, 15) is 18.0 Å². The second-order valence-corrected chi connectivity index (χ2v) is 5.66. The molecule has 1 unspecified atom stereocenters. The van der Waals surface area contributed by atoms with E-state index in [4.69, 9.17) is 16.7 Å². The van der Waals surface area contributed by atoms with E-state index < -0.39 is 23.8 Å². The summed E-state index contributed by atoms with van der Waals surface area (Å²) < 4.78 is 40.6. The van der Waals surface area contributed by atoms with Gasteiger partial charge in [0.05, 0.1) is 17.8 Å². The highest BCUT2D eigenvalue weighted by atomic mass is 35.5. The lowest BCUT2D eigenvalue weighted by atomic mass is 10.1. The number of halogens is 4. The van der Waals surface area contributed by atoms with E-state index in [-0.39, 0.29) is 23.1 Å². The van der Waals surface area contributed by atoms with Crippen LogP contribution < -0.4 is 5.32 Å². The molecule has 1 heterocycles. The SMILES string of the molecule is CCCC(NCc1nnnn1-c1ccc(Cl)cc1C(F)(F)F)C(=O)O. The molecule has 0 spiro atoms. The molecule has 0 bridgehead atoms. The molecule has 136 valence electrons. The van der Waals surface area contributed by atoms with E-state index in [1.165, 1.54) is 6.07 Å². The first-order valence-electron chi connectivity index (χ1n) is 7.34. The zero-order chi connectivity index (χ0) is 18.6. The monoisotopic (exact) mass is 377 g/mol. The minimum Gasteiger partial charge on any atom is -0.480 e. The van der Waals surface area contributed by atoms with Gasteiger partial charge in [-0.3, -0.25) is 10.1 Å². The quantitative estimate of drug-likeness (QED) is 0.770. The van der Waals surface area contributed by atoms with Crippen LogP contribution in [-0.2, 0) is 17.5 Å². The topological polar surface area (TPSA) is 92.9 Å². The average molecular weight is 378 g/mol. The van der Waals surface area contributed by atoms with Gasteiger partial charge in [0.2, 0.25) is 0 Å². The average Bonchev–Trinajstić information content (AvgIpc) is 2.98. The number of carbonyl (C=O) groups is 1. The van der Waals surface area contributed by atoms with E-state index in [1.807, 2.05) is 6.92 Å². The summed E-state index contributed by atoms with van der Waals surface area (Å²) in [5, 5.41) is 22.4. The summed E-state index contributed by atoms with van der Waals surface area (Å²) in [6.07, 6.45) is -3.65. The van der Waals surface area contributed by atoms with Crippen molar-refractivity contribution in [1.29, 1.82) is 0 Å². The number of aliphatic carboxylic acids is 1. The number of hydrogen-bond donors (Lipinski definition) is 2. The molecular weight excluding hydrogens is 363 g/mol. The van der Waals surface area contributed by atoms with E-state index in [1.54, 1.807) is 0 Å². The van der Waals surface area contributed by atoms with E-state index in [0.29, 0.717) is 12.8 Å². The number of benzene rings is 1. The highest BCUT2D eigenvalue weighted by Gasteiger charge is 2.35. The minimum absolute atomic E-state index is 0.0511. The van der Waals surface area contributed by atoms with Crippen LogP contribution in [0.2, 0.25) is 5.02 Å². The third-order valence-electron chi connectivity index (χ3n) is 3.41. The minimum atomic E-state index is -4.65. The molecule has 11 heteroatoms. The van der Waals surface area contributed by atoms with E-state index >= 15 is 0 Å². The third kappa shape index (κ3) is 4.67. The highest BCUT2D eigenvalue weighted by Crippen LogP contribution is 2.35. The molecule has 0 aliphatic rings. The second kappa shape index (κ2) is 7.79. The van der Waals surface area contributed by atoms with Crippen molar-refractivity contribution in [3.05, 3.63) is 34.6 Å². The fourth-order valence-electron chi connectivity index (χ4n) is 2.24. The van der Waals surface area contributed by atoms with Gasteiger partial charge < -0.3 is 5.11 Å². The molecule has 1 aromatic carbocycles. The van der Waals surface area contributed by atoms with E-state index in [2.05, 4.69) is 20.8 Å². The number of nitrogens with zero attached hydrogens (tertiary/aromatic N) is 4. The normalized spacial score (nSPS) is 13.0. The highest BCUT2D eigenvalue weighted by molar-refractivity contribution is 6.30. The Hall–Kier alpha value is -2.20. The lowest BCUT2D eigenvalue weighted by Gasteiger charge is -2.15. The van der Waals surface area contributed by atoms with Gasteiger partial charge >= 0.3 is 12.1 Å². The Morgan fingerprint density at radius 3 is 2.76 bits per heavy atom. The van der Waals surface area contributed by atoms with Crippen molar-refractivity contribution in [2.45, 2.75) is 38.5 Å². The number of aromatic nitrogens is 4. The van der Waals surface area contributed by atoms with Gasteiger partial charge in [-0.05, 0) is 35.0 Å². The fourth-order valence-corrected chi connectivity index (χ4v) is 2.41. The third-order valence-corrected chi connectivity index (χ3v) is 3.64. The summed E-state index contributed by atoms with van der Waals surface area (Å²) in [5.74, 6) is -1.00. The zero-order valence-electron chi connectivity index (χ0n) is 13.1. The number of rotatable bonds is 7. The summed E-state index contributed by atoms with van der Waals surface area (Å²) in [4.78, 5) is 11.1. The van der Waals surface area contributed by atoms with Gasteiger partial charge in [-0.25, -0.2) is 0 Å². The summed E-state index contributed by atoms with van der Waals surface area (Å²) in [6.45, 7) is 1.72. The molecule has 0 saturated heterocycles. The van der Waals surface area contributed by atoms with Crippen LogP contribution in [0, 0.1) is 0 Å². The number of tetrazole rings is 1. The van der Waals surface area contributed by atoms with Gasteiger partial charge in [-0.2, -0.15) is 17.9 Å². The van der Waals surface area contributed by atoms with Gasteiger partial charge in [0.15, 0.2) is 5.82 Å². The molecular formula is C14H15ClF3N5O2. The Balaban J connectivity index is 2.32. The van der Waals surface area contributed by atoms with Gasteiger partial charge in [-0.15, -0.1) is 5.10 Å². The number of carboxylic acid groups (broad SMARTS) is 1. The molecule has 7 nitrogen and oxygen atoms in total. The van der Waals surface area contributed by atoms with Gasteiger partial charge in [0.25, 0.3) is 0 Å². The van der Waals surface area contributed by atoms with Crippen LogP contribution in [0.1, 0.15) is 31.2 Å². The van der Waals surface area contributed by atoms with Crippen LogP contribution in [0.25, 0.3) is 5.69 Å². The molecule has 0 aliphatic heterocycles. The van der Waals surface area contributed by atoms with Crippen molar-refractivity contribution in [3.63, 3.8) is 0 Å². The smallest absolute Gasteiger partial charge is 0.418 e. The number of carboxylic acids is 1. The number of alkyl halides is 3. The van der Waals surface area contributed by atoms with Crippen LogP contribution >= 0.6 is 11.6 Å². The van der Waals surface area contributed by atoms with Crippen molar-refractivity contribution < 1.29 is 23.1 Å². The molecule has 1 atom stereocenters. The van der Waals surface area contributed by atoms with Crippen molar-refractivity contribution in [1.82, 2.24) is 25.5 Å². The standard InChI is InChI=1S/C14H15ClF3N5O2/c1-2-3-10(13(24)25)19-7-12-20-21-22-23(12)11-5-4-8(15)6-9(11)14(16,17)18/h4-6,10,19H,2-3,7H2,1H3,(H,24,25). The van der Waals surface area contributed by atoms with Crippen molar-refractivity contribution in [3.8, 4) is 5.69 Å². The van der Waals surface area contributed by atoms with Crippen LogP contribution in [0.15, 0.2) is 18.2 Å². The first-order valence-corrected chi connectivity index (χ1v) is 7.72. The maximum absolute atomic E-state index is 13.2. The summed E-state index contributed by atoms with van der Waals surface area (Å²) in [5.41, 5.74) is -1.28. The van der Waals surface area contributed by atoms with Crippen LogP contribution in [-0.4, -0.2) is 37.3 Å². The van der Waals surface area contributed by atoms with Crippen LogP contribution in [0.5, 0.6) is 0 Å². The van der Waals surface area contributed by atoms with Gasteiger partial charge in [0.1, 0.15) is 6.04 Å². The zero-order valence-corrected chi connectivity index (χ0v) is 13.8. The molecule has 0 amide bonds.